The number of aromatic nitrogens is 1. The van der Waals surface area contributed by atoms with E-state index in [9.17, 15) is 24.6 Å². The molecule has 5 N–H and O–H groups in total. The van der Waals surface area contributed by atoms with E-state index in [1.165, 1.54) is 24.3 Å². The Morgan fingerprint density at radius 2 is 1.59 bits per heavy atom. The van der Waals surface area contributed by atoms with Gasteiger partial charge in [-0.15, -0.1) is 0 Å². The van der Waals surface area contributed by atoms with Gasteiger partial charge in [-0.3, -0.25) is 4.79 Å². The lowest BCUT2D eigenvalue weighted by molar-refractivity contribution is 0.0224. The van der Waals surface area contributed by atoms with Gasteiger partial charge in [-0.1, -0.05) is 12.1 Å². The molecule has 0 atom stereocenters. The molecular weight excluding hydrogens is 717 g/mol. The van der Waals surface area contributed by atoms with Crippen LogP contribution in [0.5, 0.6) is 28.7 Å². The van der Waals surface area contributed by atoms with Gasteiger partial charge in [-0.2, -0.15) is 0 Å². The number of pyridine rings is 1. The maximum absolute atomic E-state index is 13.4. The summed E-state index contributed by atoms with van der Waals surface area (Å²) in [5, 5.41) is 30.1. The Morgan fingerprint density at radius 1 is 0.870 bits per heavy atom. The minimum atomic E-state index is -1.36. The highest BCUT2D eigenvalue weighted by Gasteiger charge is 2.53. The van der Waals surface area contributed by atoms with Gasteiger partial charge in [0.05, 0.1) is 24.3 Å². The quantitative estimate of drug-likeness (QED) is 0.0494. The van der Waals surface area contributed by atoms with Gasteiger partial charge in [0.25, 0.3) is 5.91 Å². The fraction of sp³-hybridized carbons (Fsp3) is 0.205. The van der Waals surface area contributed by atoms with Crippen LogP contribution in [0.1, 0.15) is 51.4 Å². The van der Waals surface area contributed by atoms with Crippen molar-refractivity contribution in [1.29, 1.82) is 0 Å². The lowest BCUT2D eigenvalue weighted by atomic mass is 9.77. The summed E-state index contributed by atoms with van der Waals surface area (Å²) in [6.45, 7) is 4.40. The number of thiocarbonyl (C=S) groups is 1. The van der Waals surface area contributed by atoms with Crippen molar-refractivity contribution in [3.8, 4) is 28.7 Å². The zero-order chi connectivity index (χ0) is 38.0. The van der Waals surface area contributed by atoms with Gasteiger partial charge in [-0.25, -0.2) is 14.6 Å². The van der Waals surface area contributed by atoms with Crippen molar-refractivity contribution in [2.24, 2.45) is 0 Å². The predicted octanol–water partition coefficient (Wildman–Crippen LogP) is 5.87. The van der Waals surface area contributed by atoms with Crippen molar-refractivity contribution >= 4 is 52.0 Å². The summed E-state index contributed by atoms with van der Waals surface area (Å²) in [5.41, 5.74) is 1.97. The molecular formula is C39H34N4O10S. The number of phenols is 2. The average molecular weight is 751 g/mol. The van der Waals surface area contributed by atoms with Crippen molar-refractivity contribution in [2.45, 2.75) is 25.5 Å². The van der Waals surface area contributed by atoms with Gasteiger partial charge in [-0.05, 0) is 86.7 Å². The van der Waals surface area contributed by atoms with Crippen molar-refractivity contribution < 1.29 is 48.3 Å². The van der Waals surface area contributed by atoms with Crippen molar-refractivity contribution in [3.05, 3.63) is 113 Å². The SMILES string of the molecule is CC(C)NC(=O)c1ccc2cc(OC(=O)OCCOCCNC(=S)Nc3ccc4c(c3)C(=O)OC43c4ccc(O)cc4Oc4cc(O)ccc43)ccc2n1. The Kier molecular flexibility index (Phi) is 9.90. The van der Waals surface area contributed by atoms with E-state index in [4.69, 9.17) is 35.9 Å². The van der Waals surface area contributed by atoms with Crippen molar-refractivity contribution in [1.82, 2.24) is 15.6 Å². The molecule has 54 heavy (non-hydrogen) atoms. The number of ether oxygens (including phenoxy) is 5. The molecule has 15 heteroatoms. The van der Waals surface area contributed by atoms with E-state index in [2.05, 4.69) is 20.9 Å². The Hall–Kier alpha value is -6.45. The topological polar surface area (TPSA) is 187 Å². The number of esters is 1. The third-order valence-corrected chi connectivity index (χ3v) is 8.77. The minimum absolute atomic E-state index is 0.0150. The second kappa shape index (κ2) is 14.9. The molecule has 14 nitrogen and oxygen atoms in total. The highest BCUT2D eigenvalue weighted by atomic mass is 32.1. The molecule has 1 spiro atoms. The van der Waals surface area contributed by atoms with Crippen molar-refractivity contribution in [3.63, 3.8) is 0 Å². The fourth-order valence-corrected chi connectivity index (χ4v) is 6.46. The first-order valence-corrected chi connectivity index (χ1v) is 17.3. The molecule has 4 aromatic carbocycles. The minimum Gasteiger partial charge on any atom is -0.508 e. The van der Waals surface area contributed by atoms with Gasteiger partial charge in [0.2, 0.25) is 0 Å². The summed E-state index contributed by atoms with van der Waals surface area (Å²) in [6.07, 6.45) is -0.893. The maximum atomic E-state index is 13.4. The number of benzene rings is 4. The van der Waals surface area contributed by atoms with Crippen LogP contribution in [0.15, 0.2) is 84.9 Å². The molecule has 5 aromatic rings. The Balaban J connectivity index is 0.873. The van der Waals surface area contributed by atoms with Gasteiger partial charge >= 0.3 is 12.1 Å². The number of nitrogens with zero attached hydrogens (tertiary/aromatic N) is 1. The van der Waals surface area contributed by atoms with Gasteiger partial charge < -0.3 is 49.8 Å². The summed E-state index contributed by atoms with van der Waals surface area (Å²) < 4.78 is 28.0. The molecule has 1 aromatic heterocycles. The van der Waals surface area contributed by atoms with Crippen LogP contribution >= 0.6 is 12.2 Å². The molecule has 0 fully saturated rings. The first-order chi connectivity index (χ1) is 26.0. The van der Waals surface area contributed by atoms with Gasteiger partial charge in [0, 0.05) is 52.5 Å². The van der Waals surface area contributed by atoms with Crippen LogP contribution in [0.25, 0.3) is 10.9 Å². The molecule has 3 heterocycles. The maximum Gasteiger partial charge on any atom is 0.513 e. The Labute approximate surface area is 314 Å². The highest BCUT2D eigenvalue weighted by Crippen LogP contribution is 2.57. The number of hydrogen-bond donors (Lipinski definition) is 5. The molecule has 0 saturated carbocycles. The number of phenolic OH excluding ortho intramolecular Hbond substituents is 2. The standard InChI is InChI=1S/C39H34N4O10S/c1-21(2)41-35(46)32-11-3-22-17-26(7-12-31(22)43-32)51-38(48)50-16-15-49-14-13-40-37(54)42-23-4-8-28-27(18-23)36(47)53-39(28)29-9-5-24(44)19-33(29)52-34-20-25(45)6-10-30(34)39/h3-12,17-21,44-45H,13-16H2,1-2H3,(H,41,46)(H2,40,42,54). The van der Waals surface area contributed by atoms with Crippen LogP contribution < -0.4 is 25.4 Å². The second-order valence-electron chi connectivity index (χ2n) is 12.7. The molecule has 0 radical (unpaired) electrons. The van der Waals surface area contributed by atoms with Crippen LogP contribution in [-0.2, 0) is 19.8 Å². The average Bonchev–Trinajstić information content (AvgIpc) is 3.41. The lowest BCUT2D eigenvalue weighted by Crippen LogP contribution is -2.33. The third kappa shape index (κ3) is 7.27. The first kappa shape index (κ1) is 35.9. The highest BCUT2D eigenvalue weighted by molar-refractivity contribution is 7.80. The normalized spacial score (nSPS) is 13.3. The predicted molar refractivity (Wildman–Crippen MR) is 199 cm³/mol. The second-order valence-corrected chi connectivity index (χ2v) is 13.1. The molecule has 2 aliphatic heterocycles. The van der Waals surface area contributed by atoms with E-state index in [0.717, 1.165) is 0 Å². The number of aromatic hydroxyl groups is 2. The first-order valence-electron chi connectivity index (χ1n) is 16.9. The number of nitrogens with one attached hydrogen (secondary N) is 3. The summed E-state index contributed by atoms with van der Waals surface area (Å²) in [7, 11) is 0. The van der Waals surface area contributed by atoms with Crippen LogP contribution in [0, 0.1) is 0 Å². The van der Waals surface area contributed by atoms with E-state index in [0.29, 0.717) is 62.6 Å². The zero-order valence-corrected chi connectivity index (χ0v) is 29.8. The Morgan fingerprint density at radius 3 is 2.31 bits per heavy atom. The molecule has 7 rings (SSSR count). The fourth-order valence-electron chi connectivity index (χ4n) is 6.24. The molecule has 2 aliphatic rings. The van der Waals surface area contributed by atoms with E-state index in [1.807, 2.05) is 13.8 Å². The molecule has 0 saturated heterocycles. The third-order valence-electron chi connectivity index (χ3n) is 8.53. The monoisotopic (exact) mass is 750 g/mol. The number of hydrogen-bond acceptors (Lipinski definition) is 12. The van der Waals surface area contributed by atoms with Crippen LogP contribution in [0.2, 0.25) is 0 Å². The largest absolute Gasteiger partial charge is 0.513 e. The number of carbonyl (C=O) groups is 3. The van der Waals surface area contributed by atoms with E-state index in [1.54, 1.807) is 60.7 Å². The number of fused-ring (bicyclic) bond motifs is 7. The summed E-state index contributed by atoms with van der Waals surface area (Å²) in [4.78, 5) is 42.2. The number of amides is 1. The Bertz CT molecular complexity index is 2260. The smallest absolute Gasteiger partial charge is 0.508 e. The zero-order valence-electron chi connectivity index (χ0n) is 29.0. The summed E-state index contributed by atoms with van der Waals surface area (Å²) in [5.74, 6) is -0.0447. The van der Waals surface area contributed by atoms with E-state index >= 15 is 0 Å². The molecule has 276 valence electrons. The lowest BCUT2D eigenvalue weighted by Gasteiger charge is -2.36. The number of anilines is 1. The van der Waals surface area contributed by atoms with Crippen LogP contribution in [-0.4, -0.2) is 70.7 Å². The number of carbonyl (C=O) groups excluding carboxylic acids is 3. The molecule has 0 bridgehead atoms. The summed E-state index contributed by atoms with van der Waals surface area (Å²) >= 11 is 5.43. The molecule has 0 unspecified atom stereocenters. The van der Waals surface area contributed by atoms with Crippen molar-refractivity contribution in [2.75, 3.05) is 31.7 Å². The van der Waals surface area contributed by atoms with Crippen LogP contribution in [0.4, 0.5) is 10.5 Å². The number of rotatable bonds is 10. The van der Waals surface area contributed by atoms with E-state index in [-0.39, 0.29) is 54.1 Å². The summed E-state index contributed by atoms with van der Waals surface area (Å²) in [6, 6.07) is 22.5. The molecule has 0 aliphatic carbocycles. The van der Waals surface area contributed by atoms with E-state index < -0.39 is 17.7 Å². The van der Waals surface area contributed by atoms with Crippen LogP contribution in [0.3, 0.4) is 0 Å². The van der Waals surface area contributed by atoms with Gasteiger partial charge in [0.1, 0.15) is 41.0 Å². The molecule has 1 amide bonds. The van der Waals surface area contributed by atoms with Gasteiger partial charge in [0.15, 0.2) is 10.7 Å².